The second-order valence-corrected chi connectivity index (χ2v) is 7.32. The molecule has 0 unspecified atom stereocenters. The molecule has 0 spiro atoms. The Morgan fingerprint density at radius 3 is 2.42 bits per heavy atom. The van der Waals surface area contributed by atoms with Gasteiger partial charge in [-0.1, -0.05) is 26.7 Å². The number of nitrogens with one attached hydrogen (secondary N) is 1. The lowest BCUT2D eigenvalue weighted by atomic mass is 10.0. The Labute approximate surface area is 125 Å². The molecule has 1 heterocycles. The van der Waals surface area contributed by atoms with Crippen molar-refractivity contribution < 1.29 is 0 Å². The molecular formula is C16H34N2S. The van der Waals surface area contributed by atoms with Gasteiger partial charge in [0.05, 0.1) is 0 Å². The van der Waals surface area contributed by atoms with Gasteiger partial charge in [0.25, 0.3) is 0 Å². The van der Waals surface area contributed by atoms with Crippen LogP contribution < -0.4 is 5.32 Å². The van der Waals surface area contributed by atoms with Crippen molar-refractivity contribution in [1.29, 1.82) is 0 Å². The third-order valence-electron chi connectivity index (χ3n) is 3.92. The van der Waals surface area contributed by atoms with Gasteiger partial charge in [-0.05, 0) is 63.2 Å². The Morgan fingerprint density at radius 1 is 1.11 bits per heavy atom. The summed E-state index contributed by atoms with van der Waals surface area (Å²) < 4.78 is 0. The number of hydrogen-bond donors (Lipinski definition) is 1. The Balaban J connectivity index is 1.92. The highest BCUT2D eigenvalue weighted by molar-refractivity contribution is 7.98. The van der Waals surface area contributed by atoms with Gasteiger partial charge in [0.1, 0.15) is 0 Å². The first-order chi connectivity index (χ1) is 9.22. The van der Waals surface area contributed by atoms with E-state index in [2.05, 4.69) is 30.3 Å². The molecule has 3 heteroatoms. The monoisotopic (exact) mass is 286 g/mol. The van der Waals surface area contributed by atoms with Crippen molar-refractivity contribution >= 4 is 11.8 Å². The van der Waals surface area contributed by atoms with Crippen LogP contribution >= 0.6 is 11.8 Å². The van der Waals surface area contributed by atoms with Crippen LogP contribution in [0.3, 0.4) is 0 Å². The van der Waals surface area contributed by atoms with E-state index in [4.69, 9.17) is 0 Å². The molecule has 0 bridgehead atoms. The van der Waals surface area contributed by atoms with Crippen molar-refractivity contribution in [1.82, 2.24) is 10.2 Å². The van der Waals surface area contributed by atoms with Gasteiger partial charge in [-0.2, -0.15) is 11.8 Å². The Hall–Kier alpha value is 0.270. The largest absolute Gasteiger partial charge is 0.314 e. The smallest absolute Gasteiger partial charge is 0.00914 e. The minimum atomic E-state index is 0.787. The van der Waals surface area contributed by atoms with Crippen LogP contribution in [0, 0.1) is 5.92 Å². The molecule has 0 aliphatic carbocycles. The topological polar surface area (TPSA) is 15.3 Å². The van der Waals surface area contributed by atoms with Crippen molar-refractivity contribution in [2.75, 3.05) is 38.2 Å². The van der Waals surface area contributed by atoms with Crippen molar-refractivity contribution in [3.8, 4) is 0 Å². The summed E-state index contributed by atoms with van der Waals surface area (Å²) in [5.41, 5.74) is 0. The zero-order valence-corrected chi connectivity index (χ0v) is 14.1. The number of thioether (sulfide) groups is 1. The summed E-state index contributed by atoms with van der Waals surface area (Å²) in [6, 6.07) is 0.787. The predicted molar refractivity (Wildman–Crippen MR) is 89.2 cm³/mol. The summed E-state index contributed by atoms with van der Waals surface area (Å²) in [5.74, 6) is 2.15. The fourth-order valence-corrected chi connectivity index (χ4v) is 3.36. The average Bonchev–Trinajstić information content (AvgIpc) is 2.39. The lowest BCUT2D eigenvalue weighted by Gasteiger charge is -2.33. The van der Waals surface area contributed by atoms with E-state index >= 15 is 0 Å². The summed E-state index contributed by atoms with van der Waals surface area (Å²) in [7, 11) is 0. The van der Waals surface area contributed by atoms with E-state index in [1.165, 1.54) is 70.5 Å². The Bertz CT molecular complexity index is 201. The van der Waals surface area contributed by atoms with Crippen molar-refractivity contribution in [3.63, 3.8) is 0 Å². The molecule has 1 N–H and O–H groups in total. The van der Waals surface area contributed by atoms with Crippen molar-refractivity contribution in [2.45, 2.75) is 58.4 Å². The van der Waals surface area contributed by atoms with Crippen LogP contribution in [0.25, 0.3) is 0 Å². The molecule has 0 radical (unpaired) electrons. The Kier molecular flexibility index (Phi) is 10.0. The lowest BCUT2D eigenvalue weighted by molar-refractivity contribution is 0.180. The first-order valence-corrected chi connectivity index (χ1v) is 9.56. The molecule has 2 nitrogen and oxygen atoms in total. The molecule has 0 aromatic rings. The quantitative estimate of drug-likeness (QED) is 0.618. The minimum Gasteiger partial charge on any atom is -0.314 e. The zero-order valence-electron chi connectivity index (χ0n) is 13.3. The predicted octanol–water partition coefficient (Wildman–Crippen LogP) is 3.62. The van der Waals surface area contributed by atoms with Gasteiger partial charge in [-0.3, -0.25) is 0 Å². The second-order valence-electron chi connectivity index (χ2n) is 6.33. The van der Waals surface area contributed by atoms with Crippen LogP contribution in [0.5, 0.6) is 0 Å². The van der Waals surface area contributed by atoms with E-state index in [0.29, 0.717) is 0 Å². The summed E-state index contributed by atoms with van der Waals surface area (Å²) in [5, 5.41) is 3.75. The standard InChI is InChI=1S/C16H34N2S/c1-15(2)14-18-11-8-16(9-12-18)17-10-6-4-5-7-13-19-3/h15-17H,4-14H2,1-3H3. The fraction of sp³-hybridized carbons (Fsp3) is 1.00. The van der Waals surface area contributed by atoms with Crippen LogP contribution in [0.2, 0.25) is 0 Å². The second kappa shape index (κ2) is 11.0. The minimum absolute atomic E-state index is 0.787. The molecule has 1 fully saturated rings. The van der Waals surface area contributed by atoms with Gasteiger partial charge < -0.3 is 10.2 Å². The van der Waals surface area contributed by atoms with E-state index in [1.807, 2.05) is 11.8 Å². The normalized spacial score (nSPS) is 18.3. The summed E-state index contributed by atoms with van der Waals surface area (Å²) >= 11 is 1.97. The number of unbranched alkanes of at least 4 members (excludes halogenated alkanes) is 3. The van der Waals surface area contributed by atoms with Crippen LogP contribution in [-0.2, 0) is 0 Å². The van der Waals surface area contributed by atoms with Crippen LogP contribution in [0.4, 0.5) is 0 Å². The first-order valence-electron chi connectivity index (χ1n) is 8.17. The molecule has 1 saturated heterocycles. The molecule has 114 valence electrons. The van der Waals surface area contributed by atoms with E-state index in [1.54, 1.807) is 0 Å². The van der Waals surface area contributed by atoms with E-state index < -0.39 is 0 Å². The molecule has 0 atom stereocenters. The van der Waals surface area contributed by atoms with Crippen LogP contribution in [-0.4, -0.2) is 49.1 Å². The van der Waals surface area contributed by atoms with Crippen LogP contribution in [0.1, 0.15) is 52.4 Å². The van der Waals surface area contributed by atoms with Gasteiger partial charge in [-0.15, -0.1) is 0 Å². The maximum Gasteiger partial charge on any atom is 0.00914 e. The number of nitrogens with zero attached hydrogens (tertiary/aromatic N) is 1. The molecule has 19 heavy (non-hydrogen) atoms. The van der Waals surface area contributed by atoms with Gasteiger partial charge in [0, 0.05) is 12.6 Å². The van der Waals surface area contributed by atoms with E-state index in [0.717, 1.165) is 12.0 Å². The third-order valence-corrected chi connectivity index (χ3v) is 4.62. The molecule has 1 aliphatic rings. The zero-order chi connectivity index (χ0) is 13.9. The van der Waals surface area contributed by atoms with Crippen molar-refractivity contribution in [3.05, 3.63) is 0 Å². The molecular weight excluding hydrogens is 252 g/mol. The SMILES string of the molecule is CSCCCCCCNC1CCN(CC(C)C)CC1. The van der Waals surface area contributed by atoms with Crippen LogP contribution in [0.15, 0.2) is 0 Å². The van der Waals surface area contributed by atoms with Crippen molar-refractivity contribution in [2.24, 2.45) is 5.92 Å². The first kappa shape index (κ1) is 17.3. The number of hydrogen-bond acceptors (Lipinski definition) is 3. The fourth-order valence-electron chi connectivity index (χ4n) is 2.87. The number of piperidine rings is 1. The average molecular weight is 287 g/mol. The van der Waals surface area contributed by atoms with Gasteiger partial charge in [0.15, 0.2) is 0 Å². The van der Waals surface area contributed by atoms with Gasteiger partial charge >= 0.3 is 0 Å². The molecule has 0 aromatic heterocycles. The molecule has 1 aliphatic heterocycles. The maximum absolute atomic E-state index is 3.75. The highest BCUT2D eigenvalue weighted by Crippen LogP contribution is 2.12. The van der Waals surface area contributed by atoms with Gasteiger partial charge in [-0.25, -0.2) is 0 Å². The highest BCUT2D eigenvalue weighted by atomic mass is 32.2. The number of rotatable bonds is 10. The highest BCUT2D eigenvalue weighted by Gasteiger charge is 2.18. The summed E-state index contributed by atoms with van der Waals surface area (Å²) in [4.78, 5) is 2.63. The molecule has 1 rings (SSSR count). The molecule has 0 saturated carbocycles. The number of likely N-dealkylation sites (tertiary alicyclic amines) is 1. The third kappa shape index (κ3) is 8.93. The van der Waals surface area contributed by atoms with E-state index in [9.17, 15) is 0 Å². The van der Waals surface area contributed by atoms with Gasteiger partial charge in [0.2, 0.25) is 0 Å². The Morgan fingerprint density at radius 2 is 1.79 bits per heavy atom. The summed E-state index contributed by atoms with van der Waals surface area (Å²) in [6.45, 7) is 9.74. The maximum atomic E-state index is 3.75. The molecule has 0 aromatic carbocycles. The molecule has 0 amide bonds. The lowest BCUT2D eigenvalue weighted by Crippen LogP contribution is -2.43. The summed E-state index contributed by atoms with van der Waals surface area (Å²) in [6.07, 6.45) is 10.5. The van der Waals surface area contributed by atoms with E-state index in [-0.39, 0.29) is 0 Å².